The highest BCUT2D eigenvalue weighted by atomic mass is 16.3. The molecule has 2 aliphatic carbocycles. The summed E-state index contributed by atoms with van der Waals surface area (Å²) in [6.07, 6.45) is 13.1. The second kappa shape index (κ2) is 8.89. The van der Waals surface area contributed by atoms with Gasteiger partial charge >= 0.3 is 0 Å². The Balaban J connectivity index is 1.52. The molecule has 0 amide bonds. The average Bonchev–Trinajstić information content (AvgIpc) is 2.75. The first-order valence-corrected chi connectivity index (χ1v) is 11.1. The fraction of sp³-hybridized carbons (Fsp3) is 0.520. The molecule has 2 saturated carbocycles. The minimum atomic E-state index is 0.208. The molecule has 0 radical (unpaired) electrons. The van der Waals surface area contributed by atoms with E-state index in [1.807, 2.05) is 6.07 Å². The van der Waals surface area contributed by atoms with Crippen molar-refractivity contribution in [3.63, 3.8) is 0 Å². The van der Waals surface area contributed by atoms with E-state index in [0.29, 0.717) is 17.5 Å². The second-order valence-electron chi connectivity index (χ2n) is 8.66. The highest BCUT2D eigenvalue weighted by Crippen LogP contribution is 2.38. The van der Waals surface area contributed by atoms with Crippen LogP contribution in [-0.4, -0.2) is 5.11 Å². The van der Waals surface area contributed by atoms with Gasteiger partial charge < -0.3 is 5.11 Å². The smallest absolute Gasteiger partial charge is 0.143 e. The van der Waals surface area contributed by atoms with Gasteiger partial charge in [0.05, 0.1) is 5.69 Å². The molecule has 148 valence electrons. The summed E-state index contributed by atoms with van der Waals surface area (Å²) < 4.78 is 0. The minimum Gasteiger partial charge on any atom is -0.506 e. The molecular formula is C25H32N2O. The molecular weight excluding hydrogens is 344 g/mol. The van der Waals surface area contributed by atoms with Crippen LogP contribution in [0.3, 0.4) is 0 Å². The molecule has 2 aliphatic rings. The van der Waals surface area contributed by atoms with Crippen LogP contribution in [0.15, 0.2) is 46.6 Å². The summed E-state index contributed by atoms with van der Waals surface area (Å²) in [6.45, 7) is 2.11. The average molecular weight is 377 g/mol. The monoisotopic (exact) mass is 376 g/mol. The molecule has 3 heteroatoms. The molecule has 1 N–H and O–H groups in total. The van der Waals surface area contributed by atoms with Gasteiger partial charge in [0.2, 0.25) is 0 Å². The lowest BCUT2D eigenvalue weighted by molar-refractivity contribution is 0.442. The Labute approximate surface area is 168 Å². The van der Waals surface area contributed by atoms with Gasteiger partial charge in [-0.2, -0.15) is 5.11 Å². The number of phenolic OH excluding ortho intramolecular Hbond substituents is 1. The van der Waals surface area contributed by atoms with Crippen LogP contribution in [0, 0.1) is 6.92 Å². The van der Waals surface area contributed by atoms with Crippen LogP contribution < -0.4 is 0 Å². The van der Waals surface area contributed by atoms with E-state index in [0.717, 1.165) is 11.3 Å². The fourth-order valence-corrected chi connectivity index (χ4v) is 4.90. The van der Waals surface area contributed by atoms with Gasteiger partial charge in [-0.1, -0.05) is 56.7 Å². The number of aryl methyl sites for hydroxylation is 1. The summed E-state index contributed by atoms with van der Waals surface area (Å²) >= 11 is 0. The zero-order valence-electron chi connectivity index (χ0n) is 17.0. The molecule has 3 nitrogen and oxygen atoms in total. The lowest BCUT2D eigenvalue weighted by atomic mass is 9.83. The zero-order chi connectivity index (χ0) is 19.3. The van der Waals surface area contributed by atoms with Crippen LogP contribution in [0.1, 0.15) is 92.7 Å². The molecule has 28 heavy (non-hydrogen) atoms. The molecule has 0 aliphatic heterocycles. The first kappa shape index (κ1) is 19.2. The van der Waals surface area contributed by atoms with Crippen LogP contribution >= 0.6 is 0 Å². The lowest BCUT2D eigenvalue weighted by Gasteiger charge is -2.22. The van der Waals surface area contributed by atoms with Crippen LogP contribution in [0.5, 0.6) is 5.75 Å². The predicted octanol–water partition coefficient (Wildman–Crippen LogP) is 8.21. The summed E-state index contributed by atoms with van der Waals surface area (Å²) in [4.78, 5) is 0. The second-order valence-corrected chi connectivity index (χ2v) is 8.66. The van der Waals surface area contributed by atoms with Gasteiger partial charge in [-0.15, -0.1) is 5.11 Å². The van der Waals surface area contributed by atoms with E-state index >= 15 is 0 Å². The van der Waals surface area contributed by atoms with E-state index < -0.39 is 0 Å². The highest BCUT2D eigenvalue weighted by Gasteiger charge is 2.17. The Morgan fingerprint density at radius 2 is 1.21 bits per heavy atom. The van der Waals surface area contributed by atoms with Crippen LogP contribution in [-0.2, 0) is 0 Å². The van der Waals surface area contributed by atoms with Crippen LogP contribution in [0.25, 0.3) is 0 Å². The van der Waals surface area contributed by atoms with E-state index in [9.17, 15) is 5.11 Å². The summed E-state index contributed by atoms with van der Waals surface area (Å²) in [7, 11) is 0. The number of hydrogen-bond donors (Lipinski definition) is 1. The standard InChI is InChI=1S/C25H32N2O/c1-18-16-21(19-8-4-2-5-9-19)12-14-23(18)26-27-24-17-22(13-15-25(24)28)20-10-6-3-7-11-20/h12-17,19-20,28H,2-11H2,1H3. The Morgan fingerprint density at radius 1 is 0.679 bits per heavy atom. The molecule has 4 rings (SSSR count). The van der Waals surface area contributed by atoms with E-state index in [1.54, 1.807) is 6.07 Å². The normalized spacial score (nSPS) is 19.3. The maximum Gasteiger partial charge on any atom is 0.143 e. The Kier molecular flexibility index (Phi) is 6.09. The van der Waals surface area contributed by atoms with Crippen molar-refractivity contribution in [3.05, 3.63) is 53.1 Å². The molecule has 0 heterocycles. The first-order valence-electron chi connectivity index (χ1n) is 11.1. The van der Waals surface area contributed by atoms with Crippen molar-refractivity contribution in [1.82, 2.24) is 0 Å². The number of hydrogen-bond acceptors (Lipinski definition) is 3. The summed E-state index contributed by atoms with van der Waals surface area (Å²) in [6, 6.07) is 12.4. The van der Waals surface area contributed by atoms with Gasteiger partial charge in [0.15, 0.2) is 0 Å². The maximum absolute atomic E-state index is 10.2. The molecule has 2 aromatic rings. The lowest BCUT2D eigenvalue weighted by Crippen LogP contribution is -2.04. The number of phenols is 1. The topological polar surface area (TPSA) is 45.0 Å². The van der Waals surface area contributed by atoms with Crippen molar-refractivity contribution < 1.29 is 5.11 Å². The van der Waals surface area contributed by atoms with Crippen molar-refractivity contribution in [3.8, 4) is 5.75 Å². The number of azo groups is 1. The molecule has 0 atom stereocenters. The van der Waals surface area contributed by atoms with Crippen molar-refractivity contribution in [2.45, 2.75) is 83.0 Å². The Morgan fingerprint density at radius 3 is 1.82 bits per heavy atom. The van der Waals surface area contributed by atoms with Gasteiger partial charge in [0.25, 0.3) is 0 Å². The van der Waals surface area contributed by atoms with E-state index in [-0.39, 0.29) is 5.75 Å². The molecule has 2 fully saturated rings. The van der Waals surface area contributed by atoms with Gasteiger partial charge in [0, 0.05) is 0 Å². The van der Waals surface area contributed by atoms with E-state index in [4.69, 9.17) is 0 Å². The first-order chi connectivity index (χ1) is 13.7. The van der Waals surface area contributed by atoms with Gasteiger partial charge in [0.1, 0.15) is 11.4 Å². The van der Waals surface area contributed by atoms with Crippen molar-refractivity contribution >= 4 is 11.4 Å². The molecule has 0 saturated heterocycles. The Hall–Kier alpha value is -2.16. The van der Waals surface area contributed by atoms with Gasteiger partial charge in [-0.05, 0) is 79.3 Å². The zero-order valence-corrected chi connectivity index (χ0v) is 17.0. The third-order valence-electron chi connectivity index (χ3n) is 6.64. The van der Waals surface area contributed by atoms with Gasteiger partial charge in [-0.3, -0.25) is 0 Å². The summed E-state index contributed by atoms with van der Waals surface area (Å²) in [5.74, 6) is 1.51. The maximum atomic E-state index is 10.2. The van der Waals surface area contributed by atoms with E-state index in [1.165, 1.54) is 75.3 Å². The molecule has 0 bridgehead atoms. The third-order valence-corrected chi connectivity index (χ3v) is 6.64. The van der Waals surface area contributed by atoms with Crippen LogP contribution in [0.2, 0.25) is 0 Å². The SMILES string of the molecule is Cc1cc(C2CCCCC2)ccc1N=Nc1cc(C2CCCCC2)ccc1O. The summed E-state index contributed by atoms with van der Waals surface area (Å²) in [5.41, 5.74) is 5.37. The number of nitrogens with zero attached hydrogens (tertiary/aromatic N) is 2. The molecule has 0 spiro atoms. The van der Waals surface area contributed by atoms with Crippen LogP contribution in [0.4, 0.5) is 11.4 Å². The van der Waals surface area contributed by atoms with Crippen molar-refractivity contribution in [1.29, 1.82) is 0 Å². The van der Waals surface area contributed by atoms with Crippen molar-refractivity contribution in [2.24, 2.45) is 10.2 Å². The quantitative estimate of drug-likeness (QED) is 0.537. The largest absolute Gasteiger partial charge is 0.506 e. The van der Waals surface area contributed by atoms with Gasteiger partial charge in [-0.25, -0.2) is 0 Å². The number of benzene rings is 2. The molecule has 0 unspecified atom stereocenters. The predicted molar refractivity (Wildman–Crippen MR) is 115 cm³/mol. The molecule has 2 aromatic carbocycles. The Bertz CT molecular complexity index is 830. The molecule has 0 aromatic heterocycles. The third kappa shape index (κ3) is 4.45. The number of rotatable bonds is 4. The highest BCUT2D eigenvalue weighted by molar-refractivity contribution is 5.54. The number of aromatic hydroxyl groups is 1. The van der Waals surface area contributed by atoms with Crippen molar-refractivity contribution in [2.75, 3.05) is 0 Å². The van der Waals surface area contributed by atoms with E-state index in [2.05, 4.69) is 41.4 Å². The minimum absolute atomic E-state index is 0.208. The summed E-state index contributed by atoms with van der Waals surface area (Å²) in [5, 5.41) is 19.1. The fourth-order valence-electron chi connectivity index (χ4n) is 4.90.